The first-order valence-corrected chi connectivity index (χ1v) is 13.7. The molecule has 1 atom stereocenters. The molecule has 2 aromatic carbocycles. The third kappa shape index (κ3) is 5.60. The van der Waals surface area contributed by atoms with Crippen molar-refractivity contribution in [3.05, 3.63) is 63.2 Å². The molecule has 41 heavy (non-hydrogen) atoms. The Morgan fingerprint density at radius 1 is 0.976 bits per heavy atom. The van der Waals surface area contributed by atoms with Gasteiger partial charge in [-0.3, -0.25) is 0 Å². The number of fused-ring (bicyclic) bond motifs is 2. The number of anilines is 2. The average Bonchev–Trinajstić information content (AvgIpc) is 3.46. The van der Waals surface area contributed by atoms with Crippen LogP contribution in [0.3, 0.4) is 0 Å². The molecular weight excluding hydrogens is 550 g/mol. The van der Waals surface area contributed by atoms with Gasteiger partial charge in [0.25, 0.3) is 5.95 Å². The molecule has 2 aliphatic heterocycles. The van der Waals surface area contributed by atoms with Crippen molar-refractivity contribution >= 4 is 11.6 Å². The minimum absolute atomic E-state index is 0.138. The molecule has 0 saturated heterocycles. The summed E-state index contributed by atoms with van der Waals surface area (Å²) in [5.41, 5.74) is 2.48. The van der Waals surface area contributed by atoms with E-state index in [-0.39, 0.29) is 24.1 Å². The van der Waals surface area contributed by atoms with Crippen LogP contribution in [0.2, 0.25) is 0 Å². The number of halogens is 6. The summed E-state index contributed by atoms with van der Waals surface area (Å²) in [6.07, 6.45) is -6.15. The van der Waals surface area contributed by atoms with Crippen molar-refractivity contribution in [2.75, 3.05) is 22.9 Å². The summed E-state index contributed by atoms with van der Waals surface area (Å²) < 4.78 is 87.9. The van der Waals surface area contributed by atoms with E-state index in [4.69, 9.17) is 4.74 Å². The molecule has 0 unspecified atom stereocenters. The molecular formula is C28H30F6N6O. The fraction of sp³-hybridized carbons (Fsp3) is 0.536. The predicted octanol–water partition coefficient (Wildman–Crippen LogP) is 6.34. The van der Waals surface area contributed by atoms with E-state index in [0.717, 1.165) is 59.6 Å². The molecule has 1 aliphatic carbocycles. The molecule has 1 fully saturated rings. The van der Waals surface area contributed by atoms with E-state index in [9.17, 15) is 26.3 Å². The zero-order valence-corrected chi connectivity index (χ0v) is 22.7. The van der Waals surface area contributed by atoms with E-state index in [1.54, 1.807) is 11.9 Å². The fourth-order valence-corrected chi connectivity index (χ4v) is 6.09. The highest BCUT2D eigenvalue weighted by Gasteiger charge is 2.39. The number of alkyl halides is 6. The molecule has 0 spiro atoms. The van der Waals surface area contributed by atoms with Gasteiger partial charge in [0.05, 0.1) is 37.4 Å². The molecule has 3 aliphatic rings. The second kappa shape index (κ2) is 10.2. The largest absolute Gasteiger partial charge is 0.416 e. The topological polar surface area (TPSA) is 59.3 Å². The van der Waals surface area contributed by atoms with Crippen molar-refractivity contribution in [2.45, 2.75) is 70.8 Å². The van der Waals surface area contributed by atoms with Gasteiger partial charge >= 0.3 is 12.4 Å². The zero-order valence-electron chi connectivity index (χ0n) is 22.7. The van der Waals surface area contributed by atoms with E-state index in [1.807, 2.05) is 0 Å². The molecule has 7 nitrogen and oxygen atoms in total. The van der Waals surface area contributed by atoms with Gasteiger partial charge in [0.2, 0.25) is 0 Å². The number of hydrogen-bond donors (Lipinski definition) is 0. The molecule has 6 rings (SSSR count). The highest BCUT2D eigenvalue weighted by molar-refractivity contribution is 5.67. The van der Waals surface area contributed by atoms with Crippen LogP contribution in [0.15, 0.2) is 24.3 Å². The Morgan fingerprint density at radius 2 is 1.68 bits per heavy atom. The van der Waals surface area contributed by atoms with Gasteiger partial charge in [0, 0.05) is 25.3 Å². The molecule has 220 valence electrons. The molecule has 1 saturated carbocycles. The van der Waals surface area contributed by atoms with Gasteiger partial charge in [-0.25, -0.2) is 0 Å². The minimum atomic E-state index is -4.94. The Labute approximate surface area is 233 Å². The molecule has 1 aromatic heterocycles. The lowest BCUT2D eigenvalue weighted by molar-refractivity contribution is -0.143. The first-order valence-electron chi connectivity index (χ1n) is 13.7. The highest BCUT2D eigenvalue weighted by atomic mass is 19.4. The number of nitrogens with zero attached hydrogens (tertiary/aromatic N) is 6. The Balaban J connectivity index is 1.48. The van der Waals surface area contributed by atoms with Crippen molar-refractivity contribution in [1.29, 1.82) is 0 Å². The first kappa shape index (κ1) is 27.8. The summed E-state index contributed by atoms with van der Waals surface area (Å²) in [5, 5.41) is 12.4. The number of tetrazole rings is 1. The quantitative estimate of drug-likeness (QED) is 0.317. The maximum atomic E-state index is 13.7. The Bertz CT molecular complexity index is 1410. The standard InChI is InChI=1S/C28H30F6N6O/c1-16-23-15-41-14-19(23)10-22-24(4-3-7-39(25(16)22)12-17-5-6-17)40(26-35-37-38(2)36-26)13-18-8-20(27(29,30)31)11-21(9-18)28(32,33)34/h8-11,17,24H,3-7,12-15H2,1-2H3/t24-/m0/s1. The van der Waals surface area contributed by atoms with Gasteiger partial charge in [-0.1, -0.05) is 5.10 Å². The summed E-state index contributed by atoms with van der Waals surface area (Å²) in [6.45, 7) is 4.47. The van der Waals surface area contributed by atoms with Gasteiger partial charge in [-0.2, -0.15) is 31.1 Å². The lowest BCUT2D eigenvalue weighted by Gasteiger charge is -2.34. The van der Waals surface area contributed by atoms with Crippen LogP contribution in [0.4, 0.5) is 38.0 Å². The van der Waals surface area contributed by atoms with Gasteiger partial charge in [0.1, 0.15) is 0 Å². The monoisotopic (exact) mass is 580 g/mol. The number of rotatable bonds is 6. The van der Waals surface area contributed by atoms with E-state index in [2.05, 4.69) is 33.3 Å². The van der Waals surface area contributed by atoms with Crippen molar-refractivity contribution < 1.29 is 31.1 Å². The Hall–Kier alpha value is -3.35. The maximum absolute atomic E-state index is 13.7. The van der Waals surface area contributed by atoms with E-state index >= 15 is 0 Å². The van der Waals surface area contributed by atoms with Crippen LogP contribution < -0.4 is 9.80 Å². The fourth-order valence-electron chi connectivity index (χ4n) is 6.09. The molecule has 3 heterocycles. The second-order valence-corrected chi connectivity index (χ2v) is 11.2. The third-order valence-electron chi connectivity index (χ3n) is 8.19. The molecule has 13 heteroatoms. The predicted molar refractivity (Wildman–Crippen MR) is 138 cm³/mol. The van der Waals surface area contributed by atoms with E-state index in [1.165, 1.54) is 17.6 Å². The zero-order chi connectivity index (χ0) is 29.1. The van der Waals surface area contributed by atoms with Crippen molar-refractivity contribution in [2.24, 2.45) is 13.0 Å². The summed E-state index contributed by atoms with van der Waals surface area (Å²) in [6, 6.07) is 3.39. The van der Waals surface area contributed by atoms with Gasteiger partial charge in [-0.15, -0.1) is 5.10 Å². The number of ether oxygens (including phenoxy) is 1. The van der Waals surface area contributed by atoms with Crippen LogP contribution in [-0.4, -0.2) is 33.3 Å². The van der Waals surface area contributed by atoms with Crippen molar-refractivity contribution in [3.63, 3.8) is 0 Å². The van der Waals surface area contributed by atoms with Crippen LogP contribution >= 0.6 is 0 Å². The number of aryl methyl sites for hydroxylation is 1. The second-order valence-electron chi connectivity index (χ2n) is 11.2. The molecule has 0 N–H and O–H groups in total. The van der Waals surface area contributed by atoms with E-state index < -0.39 is 29.5 Å². The first-order chi connectivity index (χ1) is 19.4. The number of hydrogen-bond acceptors (Lipinski definition) is 6. The van der Waals surface area contributed by atoms with Crippen molar-refractivity contribution in [1.82, 2.24) is 20.2 Å². The van der Waals surface area contributed by atoms with Crippen LogP contribution in [-0.2, 0) is 43.9 Å². The molecule has 3 aromatic rings. The van der Waals surface area contributed by atoms with Crippen LogP contribution in [0.25, 0.3) is 0 Å². The molecule has 0 amide bonds. The molecule has 0 radical (unpaired) electrons. The maximum Gasteiger partial charge on any atom is 0.416 e. The number of aromatic nitrogens is 4. The van der Waals surface area contributed by atoms with Gasteiger partial charge < -0.3 is 14.5 Å². The van der Waals surface area contributed by atoms with Gasteiger partial charge in [-0.05, 0) is 95.8 Å². The Kier molecular flexibility index (Phi) is 6.90. The Morgan fingerprint density at radius 3 is 2.29 bits per heavy atom. The van der Waals surface area contributed by atoms with Crippen molar-refractivity contribution in [3.8, 4) is 0 Å². The van der Waals surface area contributed by atoms with Crippen LogP contribution in [0, 0.1) is 12.8 Å². The minimum Gasteiger partial charge on any atom is -0.372 e. The van der Waals surface area contributed by atoms with Crippen LogP contribution in [0.5, 0.6) is 0 Å². The molecule has 0 bridgehead atoms. The lowest BCUT2D eigenvalue weighted by atomic mass is 9.91. The third-order valence-corrected chi connectivity index (χ3v) is 8.19. The summed E-state index contributed by atoms with van der Waals surface area (Å²) in [5.74, 6) is 0.756. The number of benzene rings is 2. The normalized spacial score (nSPS) is 19.2. The van der Waals surface area contributed by atoms with Gasteiger partial charge in [0.15, 0.2) is 0 Å². The van der Waals surface area contributed by atoms with Crippen LogP contribution in [0.1, 0.15) is 70.7 Å². The summed E-state index contributed by atoms with van der Waals surface area (Å²) in [4.78, 5) is 5.33. The summed E-state index contributed by atoms with van der Waals surface area (Å²) in [7, 11) is 1.56. The smallest absolute Gasteiger partial charge is 0.372 e. The average molecular weight is 581 g/mol. The summed E-state index contributed by atoms with van der Waals surface area (Å²) >= 11 is 0. The van der Waals surface area contributed by atoms with E-state index in [0.29, 0.717) is 25.6 Å². The lowest BCUT2D eigenvalue weighted by Crippen LogP contribution is -2.31. The highest BCUT2D eigenvalue weighted by Crippen LogP contribution is 2.46. The SMILES string of the molecule is Cc1c2c(cc3c1N(CC1CC1)CCC[C@@H]3N(Cc1cc(C(F)(F)F)cc(C(F)(F)F)c1)c1nnn(C)n1)COC2.